The number of morpholine rings is 1. The molecule has 1 aromatic rings. The number of hydrogen-bond acceptors (Lipinski definition) is 4. The summed E-state index contributed by atoms with van der Waals surface area (Å²) in [6, 6.07) is 3.80. The van der Waals surface area contributed by atoms with E-state index in [2.05, 4.69) is 6.92 Å². The van der Waals surface area contributed by atoms with Gasteiger partial charge < -0.3 is 18.8 Å². The first kappa shape index (κ1) is 15.6. The summed E-state index contributed by atoms with van der Waals surface area (Å²) in [7, 11) is 0. The molecule has 0 N–H and O–H groups in total. The summed E-state index contributed by atoms with van der Waals surface area (Å²) in [5.74, 6) is 1.79. The highest BCUT2D eigenvalue weighted by atomic mass is 16.5. The molecule has 1 saturated heterocycles. The molecule has 2 aliphatic rings. The van der Waals surface area contributed by atoms with E-state index in [1.165, 1.54) is 12.8 Å². The Hall–Kier alpha value is -1.33. The van der Waals surface area contributed by atoms with Crippen LogP contribution in [0.1, 0.15) is 50.2 Å². The third kappa shape index (κ3) is 3.52. The minimum absolute atomic E-state index is 0.0367. The molecule has 0 unspecified atom stereocenters. The molecule has 3 rings (SSSR count). The fraction of sp³-hybridized carbons (Fsp3) is 0.706. The highest BCUT2D eigenvalue weighted by Crippen LogP contribution is 2.27. The molecule has 0 spiro atoms. The highest BCUT2D eigenvalue weighted by molar-refractivity contribution is 5.78. The third-order valence-electron chi connectivity index (χ3n) is 4.55. The predicted molar refractivity (Wildman–Crippen MR) is 81.6 cm³/mol. The van der Waals surface area contributed by atoms with Gasteiger partial charge in [-0.3, -0.25) is 4.79 Å². The molecule has 1 aliphatic heterocycles. The summed E-state index contributed by atoms with van der Waals surface area (Å²) in [6.07, 6.45) is 5.71. The van der Waals surface area contributed by atoms with Gasteiger partial charge in [0, 0.05) is 13.0 Å². The Morgan fingerprint density at radius 2 is 2.18 bits per heavy atom. The standard InChI is InChI=1S/C17H25NO4/c1-2-13-7-8-16(22-13)15-11-20-10-9-18(15)17(19)12-21-14-5-3-4-6-14/h7-8,14-15H,2-6,9-12H2,1H3/t15-/m0/s1. The van der Waals surface area contributed by atoms with Crippen molar-refractivity contribution in [2.75, 3.05) is 26.4 Å². The summed E-state index contributed by atoms with van der Waals surface area (Å²) in [6.45, 7) is 3.89. The van der Waals surface area contributed by atoms with E-state index in [0.29, 0.717) is 19.8 Å². The molecule has 5 heteroatoms. The maximum atomic E-state index is 12.5. The van der Waals surface area contributed by atoms with Gasteiger partial charge in [0.15, 0.2) is 0 Å². The van der Waals surface area contributed by atoms with Gasteiger partial charge in [-0.05, 0) is 25.0 Å². The average Bonchev–Trinajstić information content (AvgIpc) is 3.24. The van der Waals surface area contributed by atoms with Crippen LogP contribution >= 0.6 is 0 Å². The second-order valence-electron chi connectivity index (χ2n) is 6.05. The van der Waals surface area contributed by atoms with E-state index in [9.17, 15) is 4.79 Å². The predicted octanol–water partition coefficient (Wildman–Crippen LogP) is 2.70. The maximum Gasteiger partial charge on any atom is 0.249 e. The number of carbonyl (C=O) groups excluding carboxylic acids is 1. The number of nitrogens with zero attached hydrogens (tertiary/aromatic N) is 1. The minimum Gasteiger partial charge on any atom is -0.464 e. The van der Waals surface area contributed by atoms with E-state index in [1.807, 2.05) is 17.0 Å². The Balaban J connectivity index is 1.62. The molecule has 2 fully saturated rings. The number of amides is 1. The van der Waals surface area contributed by atoms with Gasteiger partial charge in [-0.25, -0.2) is 0 Å². The van der Waals surface area contributed by atoms with Gasteiger partial charge in [0.1, 0.15) is 24.2 Å². The van der Waals surface area contributed by atoms with Crippen molar-refractivity contribution in [3.8, 4) is 0 Å². The van der Waals surface area contributed by atoms with Crippen LogP contribution in [0.3, 0.4) is 0 Å². The molecule has 5 nitrogen and oxygen atoms in total. The van der Waals surface area contributed by atoms with E-state index in [-0.39, 0.29) is 24.7 Å². The summed E-state index contributed by atoms with van der Waals surface area (Å²) in [4.78, 5) is 14.4. The molecule has 1 atom stereocenters. The molecular formula is C17H25NO4. The van der Waals surface area contributed by atoms with E-state index < -0.39 is 0 Å². The molecule has 2 heterocycles. The maximum absolute atomic E-state index is 12.5. The van der Waals surface area contributed by atoms with E-state index >= 15 is 0 Å². The SMILES string of the molecule is CCc1ccc([C@@H]2COCCN2C(=O)COC2CCCC2)o1. The third-order valence-corrected chi connectivity index (χ3v) is 4.55. The highest BCUT2D eigenvalue weighted by Gasteiger charge is 2.31. The second-order valence-corrected chi connectivity index (χ2v) is 6.05. The zero-order valence-electron chi connectivity index (χ0n) is 13.3. The molecule has 0 bridgehead atoms. The van der Waals surface area contributed by atoms with Crippen molar-refractivity contribution >= 4 is 5.91 Å². The van der Waals surface area contributed by atoms with Gasteiger partial charge in [0.05, 0.1) is 19.3 Å². The summed E-state index contributed by atoms with van der Waals surface area (Å²) < 4.78 is 17.1. The first-order valence-electron chi connectivity index (χ1n) is 8.35. The lowest BCUT2D eigenvalue weighted by atomic mass is 10.1. The van der Waals surface area contributed by atoms with Crippen LogP contribution in [0.25, 0.3) is 0 Å². The second kappa shape index (κ2) is 7.29. The van der Waals surface area contributed by atoms with Crippen LogP contribution in [-0.4, -0.2) is 43.3 Å². The number of ether oxygens (including phenoxy) is 2. The van der Waals surface area contributed by atoms with Crippen LogP contribution in [-0.2, 0) is 20.7 Å². The molecule has 0 aromatic carbocycles. The van der Waals surface area contributed by atoms with Gasteiger partial charge >= 0.3 is 0 Å². The molecule has 1 aliphatic carbocycles. The topological polar surface area (TPSA) is 51.9 Å². The Morgan fingerprint density at radius 3 is 2.91 bits per heavy atom. The van der Waals surface area contributed by atoms with Crippen molar-refractivity contribution in [1.82, 2.24) is 4.90 Å². The van der Waals surface area contributed by atoms with E-state index in [0.717, 1.165) is 30.8 Å². The Morgan fingerprint density at radius 1 is 1.36 bits per heavy atom. The van der Waals surface area contributed by atoms with Gasteiger partial charge in [0.2, 0.25) is 5.91 Å². The molecule has 1 amide bonds. The molecule has 22 heavy (non-hydrogen) atoms. The molecule has 122 valence electrons. The van der Waals surface area contributed by atoms with Gasteiger partial charge in [-0.1, -0.05) is 19.8 Å². The first-order valence-corrected chi connectivity index (χ1v) is 8.35. The average molecular weight is 307 g/mol. The number of rotatable bonds is 5. The molecular weight excluding hydrogens is 282 g/mol. The van der Waals surface area contributed by atoms with Crippen LogP contribution < -0.4 is 0 Å². The van der Waals surface area contributed by atoms with Crippen molar-refractivity contribution in [2.45, 2.75) is 51.2 Å². The molecule has 0 radical (unpaired) electrons. The van der Waals surface area contributed by atoms with Crippen LogP contribution in [0.15, 0.2) is 16.5 Å². The Kier molecular flexibility index (Phi) is 5.16. The lowest BCUT2D eigenvalue weighted by Crippen LogP contribution is -2.45. The van der Waals surface area contributed by atoms with Crippen LogP contribution in [0.4, 0.5) is 0 Å². The number of carbonyl (C=O) groups is 1. The van der Waals surface area contributed by atoms with Crippen molar-refractivity contribution < 1.29 is 18.7 Å². The van der Waals surface area contributed by atoms with Crippen molar-refractivity contribution in [1.29, 1.82) is 0 Å². The van der Waals surface area contributed by atoms with E-state index in [4.69, 9.17) is 13.9 Å². The largest absolute Gasteiger partial charge is 0.464 e. The molecule has 1 aromatic heterocycles. The van der Waals surface area contributed by atoms with Crippen molar-refractivity contribution in [2.24, 2.45) is 0 Å². The summed E-state index contributed by atoms with van der Waals surface area (Å²) >= 11 is 0. The lowest BCUT2D eigenvalue weighted by Gasteiger charge is -2.34. The van der Waals surface area contributed by atoms with E-state index in [1.54, 1.807) is 0 Å². The van der Waals surface area contributed by atoms with Gasteiger partial charge in [-0.15, -0.1) is 0 Å². The number of hydrogen-bond donors (Lipinski definition) is 0. The monoisotopic (exact) mass is 307 g/mol. The number of furan rings is 1. The van der Waals surface area contributed by atoms with Crippen LogP contribution in [0.5, 0.6) is 0 Å². The normalized spacial score (nSPS) is 23.1. The molecule has 1 saturated carbocycles. The number of aryl methyl sites for hydroxylation is 1. The summed E-state index contributed by atoms with van der Waals surface area (Å²) in [5.41, 5.74) is 0. The van der Waals surface area contributed by atoms with Crippen molar-refractivity contribution in [3.05, 3.63) is 23.7 Å². The fourth-order valence-electron chi connectivity index (χ4n) is 3.23. The fourth-order valence-corrected chi connectivity index (χ4v) is 3.23. The summed E-state index contributed by atoms with van der Waals surface area (Å²) in [5, 5.41) is 0. The van der Waals surface area contributed by atoms with Gasteiger partial charge in [0.25, 0.3) is 0 Å². The minimum atomic E-state index is -0.131. The van der Waals surface area contributed by atoms with Crippen LogP contribution in [0, 0.1) is 0 Å². The zero-order valence-corrected chi connectivity index (χ0v) is 13.3. The van der Waals surface area contributed by atoms with Crippen molar-refractivity contribution in [3.63, 3.8) is 0 Å². The Bertz CT molecular complexity index is 493. The van der Waals surface area contributed by atoms with Crippen LogP contribution in [0.2, 0.25) is 0 Å². The quantitative estimate of drug-likeness (QED) is 0.839. The Labute approximate surface area is 131 Å². The lowest BCUT2D eigenvalue weighted by molar-refractivity contribution is -0.147. The zero-order chi connectivity index (χ0) is 15.4. The smallest absolute Gasteiger partial charge is 0.249 e. The first-order chi connectivity index (χ1) is 10.8. The van der Waals surface area contributed by atoms with Gasteiger partial charge in [-0.2, -0.15) is 0 Å².